The lowest BCUT2D eigenvalue weighted by Crippen LogP contribution is -2.32. The second kappa shape index (κ2) is 9.44. The molecule has 3 rings (SSSR count). The van der Waals surface area contributed by atoms with Crippen LogP contribution < -0.4 is 10.6 Å². The van der Waals surface area contributed by atoms with E-state index in [1.54, 1.807) is 30.7 Å². The first-order valence-corrected chi connectivity index (χ1v) is 11.7. The number of aromatic nitrogens is 3. The van der Waals surface area contributed by atoms with Crippen LogP contribution in [-0.4, -0.2) is 53.4 Å². The third-order valence-electron chi connectivity index (χ3n) is 5.29. The third-order valence-corrected chi connectivity index (χ3v) is 7.34. The predicted octanol–water partition coefficient (Wildman–Crippen LogP) is 2.90. The number of nitrogens with zero attached hydrogens (tertiary/aromatic N) is 4. The Labute approximate surface area is 182 Å². The molecule has 1 heterocycles. The molecular formula is C21H28N6O3S. The number of sulfonamides is 1. The Morgan fingerprint density at radius 2 is 1.87 bits per heavy atom. The van der Waals surface area contributed by atoms with Gasteiger partial charge in [-0.2, -0.15) is 4.31 Å². The van der Waals surface area contributed by atoms with Gasteiger partial charge >= 0.3 is 6.03 Å². The maximum absolute atomic E-state index is 12.7. The summed E-state index contributed by atoms with van der Waals surface area (Å²) in [5, 5.41) is 13.8. The second-order valence-corrected chi connectivity index (χ2v) is 9.12. The molecule has 0 aliphatic heterocycles. The molecule has 2 amide bonds. The van der Waals surface area contributed by atoms with E-state index in [4.69, 9.17) is 0 Å². The van der Waals surface area contributed by atoms with Crippen molar-refractivity contribution >= 4 is 32.8 Å². The van der Waals surface area contributed by atoms with Crippen molar-refractivity contribution in [2.75, 3.05) is 25.0 Å². The van der Waals surface area contributed by atoms with Crippen LogP contribution in [0.4, 0.5) is 10.5 Å². The van der Waals surface area contributed by atoms with E-state index in [-0.39, 0.29) is 10.9 Å². The van der Waals surface area contributed by atoms with Gasteiger partial charge in [-0.1, -0.05) is 31.2 Å². The van der Waals surface area contributed by atoms with Crippen molar-refractivity contribution in [3.63, 3.8) is 0 Å². The second-order valence-electron chi connectivity index (χ2n) is 7.18. The molecule has 0 radical (unpaired) electrons. The molecule has 10 heteroatoms. The van der Waals surface area contributed by atoms with Crippen LogP contribution in [0.25, 0.3) is 11.0 Å². The Morgan fingerprint density at radius 1 is 1.13 bits per heavy atom. The van der Waals surface area contributed by atoms with Gasteiger partial charge in [0.05, 0.1) is 17.0 Å². The van der Waals surface area contributed by atoms with Gasteiger partial charge in [-0.05, 0) is 49.2 Å². The van der Waals surface area contributed by atoms with E-state index in [9.17, 15) is 13.2 Å². The van der Waals surface area contributed by atoms with E-state index < -0.39 is 10.0 Å². The number of nitrogens with one attached hydrogen (secondary N) is 2. The molecule has 2 N–H and O–H groups in total. The van der Waals surface area contributed by atoms with Gasteiger partial charge in [-0.25, -0.2) is 17.9 Å². The topological polar surface area (TPSA) is 109 Å². The molecule has 0 aliphatic carbocycles. The average molecular weight is 445 g/mol. The first kappa shape index (κ1) is 22.7. The molecule has 3 aromatic rings. The molecular weight excluding hydrogens is 416 g/mol. The summed E-state index contributed by atoms with van der Waals surface area (Å²) in [7, 11) is -3.56. The van der Waals surface area contributed by atoms with E-state index in [1.165, 1.54) is 10.4 Å². The number of carbonyl (C=O) groups excluding carboxylic acids is 1. The highest BCUT2D eigenvalue weighted by Crippen LogP contribution is 2.21. The summed E-state index contributed by atoms with van der Waals surface area (Å²) >= 11 is 0. The van der Waals surface area contributed by atoms with Crippen LogP contribution in [0.1, 0.15) is 25.0 Å². The Kier molecular flexibility index (Phi) is 6.91. The molecule has 0 saturated carbocycles. The lowest BCUT2D eigenvalue weighted by molar-refractivity contribution is 0.251. The zero-order valence-corrected chi connectivity index (χ0v) is 19.0. The summed E-state index contributed by atoms with van der Waals surface area (Å²) in [6.45, 7) is 9.11. The molecule has 0 bridgehead atoms. The fourth-order valence-corrected chi connectivity index (χ4v) is 4.80. The molecule has 0 unspecified atom stereocenters. The van der Waals surface area contributed by atoms with E-state index >= 15 is 0 Å². The molecule has 0 fully saturated rings. The largest absolute Gasteiger partial charge is 0.336 e. The predicted molar refractivity (Wildman–Crippen MR) is 121 cm³/mol. The number of benzene rings is 2. The SMILES string of the molecule is CCN(CC)S(=O)(=O)c1ccc2c(c1)nnn2CCNC(=O)Nc1cccc(C)c1C. The van der Waals surface area contributed by atoms with E-state index in [2.05, 4.69) is 20.9 Å². The first-order chi connectivity index (χ1) is 14.8. The van der Waals surface area contributed by atoms with Crippen molar-refractivity contribution in [2.24, 2.45) is 0 Å². The van der Waals surface area contributed by atoms with Crippen molar-refractivity contribution in [1.29, 1.82) is 0 Å². The quantitative estimate of drug-likeness (QED) is 0.555. The zero-order valence-electron chi connectivity index (χ0n) is 18.2. The van der Waals surface area contributed by atoms with Crippen LogP contribution in [0.2, 0.25) is 0 Å². The van der Waals surface area contributed by atoms with Gasteiger partial charge in [0, 0.05) is 25.3 Å². The smallest absolute Gasteiger partial charge is 0.319 e. The van der Waals surface area contributed by atoms with E-state index in [0.29, 0.717) is 37.2 Å². The molecule has 0 spiro atoms. The maximum atomic E-state index is 12.7. The molecule has 0 aliphatic rings. The number of fused-ring (bicyclic) bond motifs is 1. The Balaban J connectivity index is 1.65. The standard InChI is InChI=1S/C21H28N6O3S/c1-5-26(6-2)31(29,30)17-10-11-20-19(14-17)24-25-27(20)13-12-22-21(28)23-18-9-7-8-15(3)16(18)4/h7-11,14H,5-6,12-13H2,1-4H3,(H2,22,23,28). The van der Waals surface area contributed by atoms with Crippen LogP contribution in [0, 0.1) is 13.8 Å². The van der Waals surface area contributed by atoms with Crippen LogP contribution in [0.3, 0.4) is 0 Å². The highest BCUT2D eigenvalue weighted by Gasteiger charge is 2.22. The van der Waals surface area contributed by atoms with Crippen molar-refractivity contribution in [3.05, 3.63) is 47.5 Å². The minimum atomic E-state index is -3.56. The maximum Gasteiger partial charge on any atom is 0.319 e. The molecule has 0 atom stereocenters. The number of urea groups is 1. The highest BCUT2D eigenvalue weighted by molar-refractivity contribution is 7.89. The fraction of sp³-hybridized carbons (Fsp3) is 0.381. The number of anilines is 1. The lowest BCUT2D eigenvalue weighted by Gasteiger charge is -2.18. The minimum Gasteiger partial charge on any atom is -0.336 e. The van der Waals surface area contributed by atoms with Crippen molar-refractivity contribution in [2.45, 2.75) is 39.1 Å². The molecule has 1 aromatic heterocycles. The molecule has 31 heavy (non-hydrogen) atoms. The molecule has 0 saturated heterocycles. The summed E-state index contributed by atoms with van der Waals surface area (Å²) < 4.78 is 28.4. The van der Waals surface area contributed by atoms with Crippen molar-refractivity contribution in [1.82, 2.24) is 24.6 Å². The van der Waals surface area contributed by atoms with Gasteiger partial charge in [0.1, 0.15) is 5.52 Å². The summed E-state index contributed by atoms with van der Waals surface area (Å²) in [6, 6.07) is 10.2. The number of aryl methyl sites for hydroxylation is 1. The van der Waals surface area contributed by atoms with Gasteiger partial charge in [0.2, 0.25) is 10.0 Å². The molecule has 166 valence electrons. The summed E-state index contributed by atoms with van der Waals surface area (Å²) in [6.07, 6.45) is 0. The Hall–Kier alpha value is -2.98. The number of amides is 2. The van der Waals surface area contributed by atoms with E-state index in [0.717, 1.165) is 16.8 Å². The Morgan fingerprint density at radius 3 is 2.58 bits per heavy atom. The van der Waals surface area contributed by atoms with Crippen molar-refractivity contribution < 1.29 is 13.2 Å². The fourth-order valence-electron chi connectivity index (χ4n) is 3.32. The van der Waals surface area contributed by atoms with Crippen LogP contribution in [0.5, 0.6) is 0 Å². The van der Waals surface area contributed by atoms with E-state index in [1.807, 2.05) is 32.0 Å². The van der Waals surface area contributed by atoms with Gasteiger partial charge in [-0.3, -0.25) is 0 Å². The van der Waals surface area contributed by atoms with Crippen LogP contribution in [0.15, 0.2) is 41.3 Å². The van der Waals surface area contributed by atoms with Crippen molar-refractivity contribution in [3.8, 4) is 0 Å². The average Bonchev–Trinajstić information content (AvgIpc) is 3.14. The number of hydrogen-bond acceptors (Lipinski definition) is 5. The number of hydrogen-bond donors (Lipinski definition) is 2. The molecule has 9 nitrogen and oxygen atoms in total. The van der Waals surface area contributed by atoms with Gasteiger partial charge < -0.3 is 10.6 Å². The number of carbonyl (C=O) groups is 1. The van der Waals surface area contributed by atoms with Gasteiger partial charge in [0.25, 0.3) is 0 Å². The monoisotopic (exact) mass is 444 g/mol. The highest BCUT2D eigenvalue weighted by atomic mass is 32.2. The van der Waals surface area contributed by atoms with Gasteiger partial charge in [-0.15, -0.1) is 5.10 Å². The summed E-state index contributed by atoms with van der Waals surface area (Å²) in [5.74, 6) is 0. The van der Waals surface area contributed by atoms with Gasteiger partial charge in [0.15, 0.2) is 0 Å². The third kappa shape index (κ3) is 4.86. The first-order valence-electron chi connectivity index (χ1n) is 10.2. The Bertz CT molecular complexity index is 1190. The van der Waals surface area contributed by atoms with Crippen LogP contribution >= 0.6 is 0 Å². The lowest BCUT2D eigenvalue weighted by atomic mass is 10.1. The number of rotatable bonds is 8. The normalized spacial score (nSPS) is 11.8. The summed E-state index contributed by atoms with van der Waals surface area (Å²) in [5.41, 5.74) is 4.10. The molecule has 2 aromatic carbocycles. The minimum absolute atomic E-state index is 0.196. The zero-order chi connectivity index (χ0) is 22.6. The van der Waals surface area contributed by atoms with Crippen LogP contribution in [-0.2, 0) is 16.6 Å². The summed E-state index contributed by atoms with van der Waals surface area (Å²) in [4.78, 5) is 12.4.